The SMILES string of the molecule is CN=C(NCC1CCC1)NCC(C)(C)N1CC(C)OC(C)C1. The first kappa shape index (κ1) is 17.5. The van der Waals surface area contributed by atoms with Crippen molar-refractivity contribution in [2.75, 3.05) is 33.2 Å². The molecule has 2 aliphatic rings. The molecule has 1 heterocycles. The molecule has 1 saturated carbocycles. The average Bonchev–Trinajstić information content (AvgIpc) is 2.39. The summed E-state index contributed by atoms with van der Waals surface area (Å²) in [5, 5.41) is 6.96. The Morgan fingerprint density at radius 3 is 2.32 bits per heavy atom. The molecule has 0 bridgehead atoms. The molecule has 0 amide bonds. The summed E-state index contributed by atoms with van der Waals surface area (Å²) in [4.78, 5) is 6.87. The lowest BCUT2D eigenvalue weighted by Crippen LogP contribution is -2.59. The molecular formula is C17H34N4O. The number of aliphatic imine (C=N–C) groups is 1. The third-order valence-electron chi connectivity index (χ3n) is 4.97. The summed E-state index contributed by atoms with van der Waals surface area (Å²) in [6.45, 7) is 12.8. The number of morpholine rings is 1. The zero-order valence-corrected chi connectivity index (χ0v) is 15.0. The molecule has 128 valence electrons. The molecule has 0 aromatic heterocycles. The van der Waals surface area contributed by atoms with Gasteiger partial charge in [-0.3, -0.25) is 9.89 Å². The van der Waals surface area contributed by atoms with E-state index in [0.717, 1.165) is 38.1 Å². The summed E-state index contributed by atoms with van der Waals surface area (Å²) in [5.74, 6) is 1.77. The van der Waals surface area contributed by atoms with E-state index in [9.17, 15) is 0 Å². The maximum atomic E-state index is 5.84. The largest absolute Gasteiger partial charge is 0.373 e. The summed E-state index contributed by atoms with van der Waals surface area (Å²) >= 11 is 0. The molecule has 0 aromatic rings. The normalized spacial score (nSPS) is 28.3. The van der Waals surface area contributed by atoms with E-state index >= 15 is 0 Å². The van der Waals surface area contributed by atoms with Crippen molar-refractivity contribution in [1.29, 1.82) is 0 Å². The number of nitrogens with one attached hydrogen (secondary N) is 2. The van der Waals surface area contributed by atoms with Gasteiger partial charge in [0.2, 0.25) is 0 Å². The molecule has 2 rings (SSSR count). The van der Waals surface area contributed by atoms with Crippen molar-refractivity contribution < 1.29 is 4.74 Å². The van der Waals surface area contributed by atoms with Crippen LogP contribution in [-0.4, -0.2) is 61.8 Å². The Morgan fingerprint density at radius 1 is 1.18 bits per heavy atom. The van der Waals surface area contributed by atoms with E-state index in [1.54, 1.807) is 0 Å². The van der Waals surface area contributed by atoms with Gasteiger partial charge >= 0.3 is 0 Å². The fourth-order valence-corrected chi connectivity index (χ4v) is 3.24. The van der Waals surface area contributed by atoms with Crippen molar-refractivity contribution in [1.82, 2.24) is 15.5 Å². The molecule has 1 saturated heterocycles. The molecule has 0 radical (unpaired) electrons. The minimum absolute atomic E-state index is 0.0837. The van der Waals surface area contributed by atoms with E-state index in [0.29, 0.717) is 12.2 Å². The summed E-state index contributed by atoms with van der Waals surface area (Å²) in [6.07, 6.45) is 4.72. The number of hydrogen-bond acceptors (Lipinski definition) is 3. The van der Waals surface area contributed by atoms with Gasteiger partial charge < -0.3 is 15.4 Å². The van der Waals surface area contributed by atoms with E-state index in [4.69, 9.17) is 4.74 Å². The van der Waals surface area contributed by atoms with Crippen molar-refractivity contribution in [2.24, 2.45) is 10.9 Å². The highest BCUT2D eigenvalue weighted by atomic mass is 16.5. The third kappa shape index (κ3) is 4.85. The van der Waals surface area contributed by atoms with Gasteiger partial charge in [-0.15, -0.1) is 0 Å². The predicted octanol–water partition coefficient (Wildman–Crippen LogP) is 1.84. The van der Waals surface area contributed by atoms with Crippen LogP contribution in [0, 0.1) is 5.92 Å². The fraction of sp³-hybridized carbons (Fsp3) is 0.941. The van der Waals surface area contributed by atoms with Gasteiger partial charge in [-0.1, -0.05) is 6.42 Å². The second-order valence-corrected chi connectivity index (χ2v) is 7.58. The minimum atomic E-state index is 0.0837. The Labute approximate surface area is 135 Å². The van der Waals surface area contributed by atoms with E-state index in [-0.39, 0.29) is 5.54 Å². The summed E-state index contributed by atoms with van der Waals surface area (Å²) in [7, 11) is 1.85. The highest BCUT2D eigenvalue weighted by Crippen LogP contribution is 2.25. The van der Waals surface area contributed by atoms with E-state index < -0.39 is 0 Å². The maximum Gasteiger partial charge on any atom is 0.191 e. The van der Waals surface area contributed by atoms with Crippen molar-refractivity contribution in [3.8, 4) is 0 Å². The van der Waals surface area contributed by atoms with Gasteiger partial charge in [-0.25, -0.2) is 0 Å². The molecule has 1 aliphatic heterocycles. The van der Waals surface area contributed by atoms with Crippen LogP contribution in [-0.2, 0) is 4.74 Å². The van der Waals surface area contributed by atoms with Gasteiger partial charge in [-0.2, -0.15) is 0 Å². The fourth-order valence-electron chi connectivity index (χ4n) is 3.24. The van der Waals surface area contributed by atoms with Crippen LogP contribution in [0.2, 0.25) is 0 Å². The van der Waals surface area contributed by atoms with E-state index in [2.05, 4.69) is 48.2 Å². The Balaban J connectivity index is 1.79. The topological polar surface area (TPSA) is 48.9 Å². The zero-order chi connectivity index (χ0) is 16.2. The Kier molecular flexibility index (Phi) is 6.09. The average molecular weight is 310 g/mol. The summed E-state index contributed by atoms with van der Waals surface area (Å²) in [6, 6.07) is 0. The van der Waals surface area contributed by atoms with Gasteiger partial charge in [0.1, 0.15) is 0 Å². The Hall–Kier alpha value is -0.810. The molecule has 0 spiro atoms. The van der Waals surface area contributed by atoms with Gasteiger partial charge in [-0.05, 0) is 46.5 Å². The summed E-state index contributed by atoms with van der Waals surface area (Å²) in [5.41, 5.74) is 0.0837. The molecule has 5 heteroatoms. The van der Waals surface area contributed by atoms with Gasteiger partial charge in [0, 0.05) is 38.8 Å². The predicted molar refractivity (Wildman–Crippen MR) is 92.4 cm³/mol. The highest BCUT2D eigenvalue weighted by Gasteiger charge is 2.33. The van der Waals surface area contributed by atoms with Gasteiger partial charge in [0.15, 0.2) is 5.96 Å². The number of hydrogen-bond donors (Lipinski definition) is 2. The van der Waals surface area contributed by atoms with Crippen LogP contribution in [0.1, 0.15) is 47.0 Å². The molecule has 0 aromatic carbocycles. The molecule has 22 heavy (non-hydrogen) atoms. The van der Waals surface area contributed by atoms with E-state index in [1.807, 2.05) is 7.05 Å². The van der Waals surface area contributed by atoms with Crippen LogP contribution in [0.5, 0.6) is 0 Å². The van der Waals surface area contributed by atoms with Crippen LogP contribution in [0.15, 0.2) is 4.99 Å². The van der Waals surface area contributed by atoms with Crippen LogP contribution in [0.4, 0.5) is 0 Å². The van der Waals surface area contributed by atoms with Crippen LogP contribution < -0.4 is 10.6 Å². The quantitative estimate of drug-likeness (QED) is 0.601. The molecular weight excluding hydrogens is 276 g/mol. The molecule has 2 atom stereocenters. The van der Waals surface area contributed by atoms with Crippen molar-refractivity contribution in [2.45, 2.75) is 64.7 Å². The first-order valence-electron chi connectivity index (χ1n) is 8.75. The smallest absolute Gasteiger partial charge is 0.191 e. The van der Waals surface area contributed by atoms with Crippen LogP contribution >= 0.6 is 0 Å². The zero-order valence-electron chi connectivity index (χ0n) is 15.0. The molecule has 5 nitrogen and oxygen atoms in total. The molecule has 1 aliphatic carbocycles. The van der Waals surface area contributed by atoms with E-state index in [1.165, 1.54) is 19.3 Å². The molecule has 2 fully saturated rings. The highest BCUT2D eigenvalue weighted by molar-refractivity contribution is 5.79. The first-order valence-corrected chi connectivity index (χ1v) is 8.75. The first-order chi connectivity index (χ1) is 10.4. The van der Waals surface area contributed by atoms with Crippen LogP contribution in [0.3, 0.4) is 0 Å². The van der Waals surface area contributed by atoms with Crippen molar-refractivity contribution in [3.63, 3.8) is 0 Å². The number of guanidine groups is 1. The lowest BCUT2D eigenvalue weighted by Gasteiger charge is -2.45. The standard InChI is InChI=1S/C17H34N4O/c1-13-10-21(11-14(2)22-13)17(3,4)12-20-16(18-5)19-9-15-7-6-8-15/h13-15H,6-12H2,1-5H3,(H2,18,19,20). The lowest BCUT2D eigenvalue weighted by atomic mass is 9.85. The monoisotopic (exact) mass is 310 g/mol. The minimum Gasteiger partial charge on any atom is -0.373 e. The number of ether oxygens (including phenoxy) is 1. The third-order valence-corrected chi connectivity index (χ3v) is 4.97. The Morgan fingerprint density at radius 2 is 1.82 bits per heavy atom. The maximum absolute atomic E-state index is 5.84. The number of nitrogens with zero attached hydrogens (tertiary/aromatic N) is 2. The lowest BCUT2D eigenvalue weighted by molar-refractivity contribution is -0.0946. The second-order valence-electron chi connectivity index (χ2n) is 7.58. The van der Waals surface area contributed by atoms with Gasteiger partial charge in [0.05, 0.1) is 12.2 Å². The van der Waals surface area contributed by atoms with Crippen molar-refractivity contribution in [3.05, 3.63) is 0 Å². The molecule has 2 N–H and O–H groups in total. The van der Waals surface area contributed by atoms with Crippen LogP contribution in [0.25, 0.3) is 0 Å². The Bertz CT molecular complexity index is 369. The van der Waals surface area contributed by atoms with Crippen molar-refractivity contribution >= 4 is 5.96 Å². The number of rotatable bonds is 5. The summed E-state index contributed by atoms with van der Waals surface area (Å²) < 4.78 is 5.84. The van der Waals surface area contributed by atoms with Gasteiger partial charge in [0.25, 0.3) is 0 Å². The second kappa shape index (κ2) is 7.64. The molecule has 2 unspecified atom stereocenters.